The van der Waals surface area contributed by atoms with Crippen molar-refractivity contribution in [2.24, 2.45) is 0 Å². The molecule has 1 nitrogen and oxygen atoms in total. The Labute approximate surface area is 108 Å². The van der Waals surface area contributed by atoms with Crippen LogP contribution in [0.5, 0.6) is 0 Å². The van der Waals surface area contributed by atoms with Gasteiger partial charge in [0.25, 0.3) is 0 Å². The first-order valence-electron chi connectivity index (χ1n) is 3.28. The van der Waals surface area contributed by atoms with Crippen molar-refractivity contribution in [2.75, 3.05) is 14.1 Å². The molecule has 0 aliphatic carbocycles. The van der Waals surface area contributed by atoms with Gasteiger partial charge in [0.2, 0.25) is 0 Å². The van der Waals surface area contributed by atoms with E-state index in [4.69, 9.17) is 0 Å². The van der Waals surface area contributed by atoms with E-state index in [0.29, 0.717) is 0 Å². The molecule has 0 bridgehead atoms. The predicted octanol–water partition coefficient (Wildman–Crippen LogP) is -4.74. The van der Waals surface area contributed by atoms with Crippen LogP contribution in [0.2, 0.25) is 0 Å². The molecule has 0 radical (unpaired) electrons. The van der Waals surface area contributed by atoms with Crippen LogP contribution in [0.25, 0.3) is 0 Å². The van der Waals surface area contributed by atoms with Gasteiger partial charge in [-0.2, -0.15) is 12.1 Å². The van der Waals surface area contributed by atoms with Gasteiger partial charge in [-0.15, -0.1) is 17.7 Å². The fourth-order valence-corrected chi connectivity index (χ4v) is 0.771. The van der Waals surface area contributed by atoms with Crippen molar-refractivity contribution < 1.29 is 51.8 Å². The molecule has 0 amide bonds. The van der Waals surface area contributed by atoms with Crippen LogP contribution in [0.15, 0.2) is 30.3 Å². The summed E-state index contributed by atoms with van der Waals surface area (Å²) in [4.78, 5) is 0. The predicted molar refractivity (Wildman–Crippen MR) is 42.7 cm³/mol. The number of hydrogen-bond donors (Lipinski definition) is 0. The summed E-state index contributed by atoms with van der Waals surface area (Å²) in [6, 6.07) is 10.1. The van der Waals surface area contributed by atoms with Gasteiger partial charge in [0.1, 0.15) is 20.3 Å². The molecule has 76 valence electrons. The SMILES string of the molecule is C[N+](C)=[C-]c1ccccc1.[Au+3].[Cl-].[Cl-]. The zero-order valence-corrected chi connectivity index (χ0v) is 11.1. The Morgan fingerprint density at radius 3 is 1.85 bits per heavy atom. The maximum atomic E-state index is 3.14. The van der Waals surface area contributed by atoms with E-state index in [1.807, 2.05) is 49.0 Å². The molecule has 0 fully saturated rings. The third-order valence-electron chi connectivity index (χ3n) is 1.13. The van der Waals surface area contributed by atoms with Crippen LogP contribution in [0.1, 0.15) is 5.56 Å². The van der Waals surface area contributed by atoms with E-state index in [2.05, 4.69) is 6.21 Å². The first-order chi connectivity index (χ1) is 4.79. The normalized spacial score (nSPS) is 6.92. The molecule has 4 heteroatoms. The summed E-state index contributed by atoms with van der Waals surface area (Å²) >= 11 is 0. The van der Waals surface area contributed by atoms with Gasteiger partial charge in [-0.25, -0.2) is 0 Å². The summed E-state index contributed by atoms with van der Waals surface area (Å²) in [5.74, 6) is 0. The quantitative estimate of drug-likeness (QED) is 0.193. The fraction of sp³-hybridized carbons (Fsp3) is 0.222. The van der Waals surface area contributed by atoms with Gasteiger partial charge in [-0.3, -0.25) is 4.58 Å². The molecule has 0 saturated carbocycles. The van der Waals surface area contributed by atoms with E-state index < -0.39 is 0 Å². The second-order valence-corrected chi connectivity index (χ2v) is 2.37. The number of hydrogen-bond acceptors (Lipinski definition) is 0. The van der Waals surface area contributed by atoms with Gasteiger partial charge in [0, 0.05) is 0 Å². The van der Waals surface area contributed by atoms with Crippen LogP contribution >= 0.6 is 0 Å². The standard InChI is InChI=1S/C9H11N.Au.2ClH/c1-10(2)8-9-6-4-3-5-7-9;;;/h3-7H,1-2H3;;2*1H/q;+3;;/p-2. The molecule has 0 unspecified atom stereocenters. The summed E-state index contributed by atoms with van der Waals surface area (Å²) < 4.78 is 1.91. The van der Waals surface area contributed by atoms with Crippen molar-refractivity contribution in [1.29, 1.82) is 0 Å². The monoisotopic (exact) mass is 400 g/mol. The van der Waals surface area contributed by atoms with Gasteiger partial charge in [-0.05, 0) is 0 Å². The number of halogens is 2. The molecule has 0 atom stereocenters. The molecule has 1 aromatic carbocycles. The average Bonchev–Trinajstić information content (AvgIpc) is 1.88. The Balaban J connectivity index is -0.000000333. The Morgan fingerprint density at radius 1 is 1.00 bits per heavy atom. The van der Waals surface area contributed by atoms with Crippen molar-refractivity contribution in [3.8, 4) is 0 Å². The molecular weight excluding hydrogens is 390 g/mol. The largest absolute Gasteiger partial charge is 3.00 e. The van der Waals surface area contributed by atoms with E-state index in [9.17, 15) is 0 Å². The summed E-state index contributed by atoms with van der Waals surface area (Å²) in [7, 11) is 3.93. The van der Waals surface area contributed by atoms with Crippen molar-refractivity contribution >= 4 is 6.21 Å². The van der Waals surface area contributed by atoms with Crippen LogP contribution < -0.4 is 24.8 Å². The van der Waals surface area contributed by atoms with E-state index in [0.717, 1.165) is 5.56 Å². The molecule has 0 saturated heterocycles. The maximum Gasteiger partial charge on any atom is 3.00 e. The summed E-state index contributed by atoms with van der Waals surface area (Å²) in [6.45, 7) is 0. The minimum atomic E-state index is 0. The molecular formula is C9H11AuCl2N+. The Hall–Kier alpha value is 0.210. The van der Waals surface area contributed by atoms with Crippen molar-refractivity contribution in [2.45, 2.75) is 0 Å². The molecule has 1 rings (SSSR count). The zero-order valence-electron chi connectivity index (χ0n) is 7.39. The third-order valence-corrected chi connectivity index (χ3v) is 1.13. The van der Waals surface area contributed by atoms with Crippen molar-refractivity contribution in [3.05, 3.63) is 35.9 Å². The summed E-state index contributed by atoms with van der Waals surface area (Å²) in [6.07, 6.45) is 3.14. The Bertz CT molecular complexity index is 233. The van der Waals surface area contributed by atoms with Gasteiger partial charge in [0.15, 0.2) is 0 Å². The van der Waals surface area contributed by atoms with Gasteiger partial charge >= 0.3 is 22.4 Å². The van der Waals surface area contributed by atoms with Gasteiger partial charge in [0.05, 0.1) is 0 Å². The van der Waals surface area contributed by atoms with Crippen LogP contribution in [-0.4, -0.2) is 24.9 Å². The topological polar surface area (TPSA) is 3.01 Å². The van der Waals surface area contributed by atoms with Crippen LogP contribution in [0.3, 0.4) is 0 Å². The smallest absolute Gasteiger partial charge is 1.00 e. The summed E-state index contributed by atoms with van der Waals surface area (Å²) in [5, 5.41) is 0. The first kappa shape index (κ1) is 18.9. The minimum Gasteiger partial charge on any atom is -1.00 e. The molecule has 0 aromatic heterocycles. The molecule has 0 aliphatic heterocycles. The second-order valence-electron chi connectivity index (χ2n) is 2.37. The number of benzene rings is 1. The van der Waals surface area contributed by atoms with E-state index in [1.165, 1.54) is 0 Å². The van der Waals surface area contributed by atoms with Gasteiger partial charge < -0.3 is 24.8 Å². The molecule has 1 aromatic rings. The molecule has 13 heavy (non-hydrogen) atoms. The van der Waals surface area contributed by atoms with Gasteiger partial charge in [-0.1, -0.05) is 6.07 Å². The Kier molecular flexibility index (Phi) is 15.0. The Morgan fingerprint density at radius 2 is 1.46 bits per heavy atom. The first-order valence-corrected chi connectivity index (χ1v) is 3.28. The average molecular weight is 401 g/mol. The van der Waals surface area contributed by atoms with Crippen LogP contribution in [0.4, 0.5) is 0 Å². The summed E-state index contributed by atoms with van der Waals surface area (Å²) in [5.41, 5.74) is 1.12. The third kappa shape index (κ3) is 8.54. The van der Waals surface area contributed by atoms with Crippen LogP contribution in [0, 0.1) is 0 Å². The van der Waals surface area contributed by atoms with Crippen LogP contribution in [-0.2, 0) is 22.4 Å². The number of nitrogens with zero attached hydrogens (tertiary/aromatic N) is 1. The van der Waals surface area contributed by atoms with E-state index in [-0.39, 0.29) is 47.2 Å². The second kappa shape index (κ2) is 10.3. The fourth-order valence-electron chi connectivity index (χ4n) is 0.771. The molecule has 0 aliphatic rings. The van der Waals surface area contributed by atoms with E-state index in [1.54, 1.807) is 0 Å². The number of rotatable bonds is 1. The minimum absolute atomic E-state index is 0. The molecule has 0 N–H and O–H groups in total. The molecule has 0 spiro atoms. The van der Waals surface area contributed by atoms with E-state index >= 15 is 0 Å². The molecule has 0 heterocycles. The van der Waals surface area contributed by atoms with Crippen molar-refractivity contribution in [3.63, 3.8) is 0 Å². The maximum absolute atomic E-state index is 3.14. The van der Waals surface area contributed by atoms with Crippen molar-refractivity contribution in [1.82, 2.24) is 0 Å². The zero-order chi connectivity index (χ0) is 7.40.